The summed E-state index contributed by atoms with van der Waals surface area (Å²) in [6.07, 6.45) is 8.86. The summed E-state index contributed by atoms with van der Waals surface area (Å²) in [6.45, 7) is 2.13. The zero-order chi connectivity index (χ0) is 21.8. The van der Waals surface area contributed by atoms with E-state index in [2.05, 4.69) is 133 Å². The lowest BCUT2D eigenvalue weighted by molar-refractivity contribution is 1.05. The van der Waals surface area contributed by atoms with E-state index in [4.69, 9.17) is 0 Å². The van der Waals surface area contributed by atoms with Gasteiger partial charge in [-0.25, -0.2) is 0 Å². The van der Waals surface area contributed by atoms with E-state index in [1.54, 1.807) is 0 Å². The Morgan fingerprint density at radius 1 is 0.562 bits per heavy atom. The molecule has 1 aliphatic rings. The minimum Gasteiger partial charge on any atom is -0.311 e. The molecule has 4 aromatic carbocycles. The molecule has 1 nitrogen and oxygen atoms in total. The minimum atomic E-state index is 1.11. The molecule has 156 valence electrons. The molecule has 0 atom stereocenters. The Labute approximate surface area is 191 Å². The van der Waals surface area contributed by atoms with E-state index in [0.29, 0.717) is 0 Å². The summed E-state index contributed by atoms with van der Waals surface area (Å²) in [6, 6.07) is 37.1. The van der Waals surface area contributed by atoms with Crippen LogP contribution in [-0.4, -0.2) is 0 Å². The summed E-state index contributed by atoms with van der Waals surface area (Å²) in [4.78, 5) is 2.33. The van der Waals surface area contributed by atoms with E-state index >= 15 is 0 Å². The maximum Gasteiger partial charge on any atom is 0.0462 e. The molecule has 0 fully saturated rings. The first-order chi connectivity index (χ1) is 15.8. The van der Waals surface area contributed by atoms with Crippen LogP contribution in [0.25, 0.3) is 16.7 Å². The summed E-state index contributed by atoms with van der Waals surface area (Å²) in [7, 11) is 0. The highest BCUT2D eigenvalue weighted by molar-refractivity contribution is 5.79. The fraction of sp³-hybridized carbons (Fsp3) is 0.0968. The van der Waals surface area contributed by atoms with Crippen LogP contribution in [0.15, 0.2) is 121 Å². The van der Waals surface area contributed by atoms with E-state index in [1.165, 1.54) is 27.8 Å². The Balaban J connectivity index is 1.52. The van der Waals surface area contributed by atoms with Crippen molar-refractivity contribution in [3.63, 3.8) is 0 Å². The molecule has 0 spiro atoms. The van der Waals surface area contributed by atoms with E-state index in [9.17, 15) is 0 Å². The molecule has 0 radical (unpaired) electrons. The van der Waals surface area contributed by atoms with Gasteiger partial charge in [0.2, 0.25) is 0 Å². The molecular weight excluding hydrogens is 386 g/mol. The number of hydrogen-bond donors (Lipinski definition) is 0. The first-order valence-electron chi connectivity index (χ1n) is 11.3. The van der Waals surface area contributed by atoms with Gasteiger partial charge in [0.15, 0.2) is 0 Å². The van der Waals surface area contributed by atoms with Crippen LogP contribution in [0.1, 0.15) is 24.0 Å². The minimum absolute atomic E-state index is 1.11. The smallest absolute Gasteiger partial charge is 0.0462 e. The van der Waals surface area contributed by atoms with E-state index in [1.807, 2.05) is 0 Å². The fourth-order valence-corrected chi connectivity index (χ4v) is 4.24. The molecule has 0 amide bonds. The van der Waals surface area contributed by atoms with Gasteiger partial charge < -0.3 is 4.90 Å². The molecule has 32 heavy (non-hydrogen) atoms. The standard InChI is InChI=1S/C31H27N/c1-24-12-18-29(19-13-24)32(30-20-14-27(15-21-30)25-8-4-2-5-9-25)31-22-16-28(17-23-31)26-10-6-3-7-11-26/h2-6,8-10,12-23H,7,11H2,1H3. The summed E-state index contributed by atoms with van der Waals surface area (Å²) in [5.41, 5.74) is 9.93. The van der Waals surface area contributed by atoms with Crippen LogP contribution in [0.3, 0.4) is 0 Å². The van der Waals surface area contributed by atoms with Crippen molar-refractivity contribution >= 4 is 22.6 Å². The predicted molar refractivity (Wildman–Crippen MR) is 138 cm³/mol. The second kappa shape index (κ2) is 9.11. The first kappa shape index (κ1) is 20.1. The molecule has 5 rings (SSSR count). The monoisotopic (exact) mass is 413 g/mol. The van der Waals surface area contributed by atoms with E-state index < -0.39 is 0 Å². The van der Waals surface area contributed by atoms with Gasteiger partial charge in [0.05, 0.1) is 0 Å². The number of hydrogen-bond acceptors (Lipinski definition) is 1. The molecule has 0 unspecified atom stereocenters. The topological polar surface area (TPSA) is 3.24 Å². The third kappa shape index (κ3) is 4.29. The van der Waals surface area contributed by atoms with Crippen molar-refractivity contribution in [1.29, 1.82) is 0 Å². The highest BCUT2D eigenvalue weighted by Crippen LogP contribution is 2.36. The van der Waals surface area contributed by atoms with Gasteiger partial charge >= 0.3 is 0 Å². The molecule has 0 aromatic heterocycles. The number of benzene rings is 4. The Kier molecular flexibility index (Phi) is 5.72. The van der Waals surface area contributed by atoms with Gasteiger partial charge in [0.1, 0.15) is 0 Å². The quantitative estimate of drug-likeness (QED) is 0.316. The summed E-state index contributed by atoms with van der Waals surface area (Å²) in [5.74, 6) is 0. The van der Waals surface area contributed by atoms with E-state index in [0.717, 1.165) is 29.9 Å². The molecule has 0 saturated heterocycles. The highest BCUT2D eigenvalue weighted by atomic mass is 15.1. The lowest BCUT2D eigenvalue weighted by Crippen LogP contribution is -2.10. The molecule has 1 aliphatic carbocycles. The summed E-state index contributed by atoms with van der Waals surface area (Å²) >= 11 is 0. The molecule has 0 heterocycles. The SMILES string of the molecule is Cc1ccc(N(c2ccc(C3=CC=CCC3)cc2)c2ccc(-c3ccccc3)cc2)cc1. The van der Waals surface area contributed by atoms with Gasteiger partial charge in [-0.3, -0.25) is 0 Å². The van der Waals surface area contributed by atoms with Gasteiger partial charge in [-0.1, -0.05) is 90.5 Å². The molecule has 0 N–H and O–H groups in total. The Morgan fingerprint density at radius 2 is 1.09 bits per heavy atom. The maximum atomic E-state index is 2.33. The van der Waals surface area contributed by atoms with Crippen molar-refractivity contribution in [3.8, 4) is 11.1 Å². The van der Waals surface area contributed by atoms with Crippen molar-refractivity contribution < 1.29 is 0 Å². The van der Waals surface area contributed by atoms with Crippen LogP contribution in [0, 0.1) is 6.92 Å². The molecule has 0 saturated carbocycles. The van der Waals surface area contributed by atoms with Gasteiger partial charge in [-0.05, 0) is 78.4 Å². The van der Waals surface area contributed by atoms with Gasteiger partial charge in [-0.2, -0.15) is 0 Å². The maximum absolute atomic E-state index is 2.33. The van der Waals surface area contributed by atoms with Crippen LogP contribution in [0.4, 0.5) is 17.1 Å². The van der Waals surface area contributed by atoms with Crippen LogP contribution in [0.2, 0.25) is 0 Å². The van der Waals surface area contributed by atoms with Crippen molar-refractivity contribution in [2.75, 3.05) is 4.90 Å². The molecule has 0 aliphatic heterocycles. The number of allylic oxidation sites excluding steroid dienone is 4. The second-order valence-electron chi connectivity index (χ2n) is 8.29. The van der Waals surface area contributed by atoms with Crippen LogP contribution < -0.4 is 4.90 Å². The average Bonchev–Trinajstić information content (AvgIpc) is 2.87. The number of aryl methyl sites for hydroxylation is 1. The third-order valence-electron chi connectivity index (χ3n) is 6.03. The van der Waals surface area contributed by atoms with Gasteiger partial charge in [0.25, 0.3) is 0 Å². The Bertz CT molecular complexity index is 1230. The summed E-state index contributed by atoms with van der Waals surface area (Å²) < 4.78 is 0. The molecule has 0 bridgehead atoms. The Hall–Kier alpha value is -3.84. The van der Waals surface area contributed by atoms with Gasteiger partial charge in [0, 0.05) is 17.1 Å². The Morgan fingerprint density at radius 3 is 1.66 bits per heavy atom. The van der Waals surface area contributed by atoms with Crippen molar-refractivity contribution in [3.05, 3.63) is 132 Å². The molecular formula is C31H27N. The zero-order valence-electron chi connectivity index (χ0n) is 18.4. The van der Waals surface area contributed by atoms with Crippen LogP contribution >= 0.6 is 0 Å². The third-order valence-corrected chi connectivity index (χ3v) is 6.03. The predicted octanol–water partition coefficient (Wildman–Crippen LogP) is 8.87. The lowest BCUT2D eigenvalue weighted by atomic mass is 9.97. The van der Waals surface area contributed by atoms with E-state index in [-0.39, 0.29) is 0 Å². The zero-order valence-corrected chi connectivity index (χ0v) is 18.4. The summed E-state index contributed by atoms with van der Waals surface area (Å²) in [5, 5.41) is 0. The lowest BCUT2D eigenvalue weighted by Gasteiger charge is -2.26. The normalized spacial score (nSPS) is 13.0. The highest BCUT2D eigenvalue weighted by Gasteiger charge is 2.13. The second-order valence-corrected chi connectivity index (χ2v) is 8.29. The largest absolute Gasteiger partial charge is 0.311 e. The van der Waals surface area contributed by atoms with Crippen molar-refractivity contribution in [1.82, 2.24) is 0 Å². The van der Waals surface area contributed by atoms with Crippen molar-refractivity contribution in [2.24, 2.45) is 0 Å². The fourth-order valence-electron chi connectivity index (χ4n) is 4.24. The molecule has 1 heteroatoms. The number of rotatable bonds is 5. The number of anilines is 3. The van der Waals surface area contributed by atoms with Crippen LogP contribution in [0.5, 0.6) is 0 Å². The van der Waals surface area contributed by atoms with Crippen molar-refractivity contribution in [2.45, 2.75) is 19.8 Å². The average molecular weight is 414 g/mol. The number of nitrogens with zero attached hydrogens (tertiary/aromatic N) is 1. The molecule has 4 aromatic rings. The van der Waals surface area contributed by atoms with Gasteiger partial charge in [-0.15, -0.1) is 0 Å². The first-order valence-corrected chi connectivity index (χ1v) is 11.3. The van der Waals surface area contributed by atoms with Crippen LogP contribution in [-0.2, 0) is 0 Å².